The van der Waals surface area contributed by atoms with Crippen LogP contribution in [-0.4, -0.2) is 30.8 Å². The van der Waals surface area contributed by atoms with Crippen molar-refractivity contribution in [2.24, 2.45) is 0 Å². The molecular formula is C8H14O5S. The monoisotopic (exact) mass is 222 g/mol. The molecule has 0 radical (unpaired) electrons. The second-order valence-electron chi connectivity index (χ2n) is 3.43. The topological polar surface area (TPSA) is 80.7 Å². The van der Waals surface area contributed by atoms with E-state index in [0.29, 0.717) is 25.7 Å². The average Bonchev–Trinajstić information content (AvgIpc) is 2.44. The summed E-state index contributed by atoms with van der Waals surface area (Å²) in [6, 6.07) is 0. The number of rotatable bonds is 5. The minimum atomic E-state index is -3.84. The van der Waals surface area contributed by atoms with Gasteiger partial charge in [-0.2, -0.15) is 8.42 Å². The summed E-state index contributed by atoms with van der Waals surface area (Å²) in [7, 11) is -3.84. The van der Waals surface area contributed by atoms with Crippen molar-refractivity contribution in [2.75, 3.05) is 5.75 Å². The smallest absolute Gasteiger partial charge is 0.306 e. The Labute approximate surface area is 83.2 Å². The second kappa shape index (κ2) is 4.75. The van der Waals surface area contributed by atoms with Crippen molar-refractivity contribution >= 4 is 16.1 Å². The van der Waals surface area contributed by atoms with Gasteiger partial charge in [-0.15, -0.1) is 0 Å². The van der Waals surface area contributed by atoms with E-state index in [0.717, 1.165) is 6.42 Å². The third kappa shape index (κ3) is 4.57. The van der Waals surface area contributed by atoms with E-state index >= 15 is 0 Å². The molecule has 5 nitrogen and oxygen atoms in total. The second-order valence-corrected chi connectivity index (χ2v) is 5.00. The molecule has 6 heteroatoms. The van der Waals surface area contributed by atoms with E-state index in [1.807, 2.05) is 0 Å². The highest BCUT2D eigenvalue weighted by Gasteiger charge is 2.22. The summed E-state index contributed by atoms with van der Waals surface area (Å²) in [5, 5.41) is 0. The van der Waals surface area contributed by atoms with Gasteiger partial charge in [0.2, 0.25) is 0 Å². The lowest BCUT2D eigenvalue weighted by molar-refractivity contribution is -0.141. The standard InChI is InChI=1S/C8H14O5S/c9-8-5-4-7(13-8)3-1-2-6-14(10,11)12/h7H,1-6H2,(H,10,11,12). The normalized spacial score (nSPS) is 22.4. The molecule has 0 saturated carbocycles. The summed E-state index contributed by atoms with van der Waals surface area (Å²) in [4.78, 5) is 10.7. The number of ether oxygens (including phenoxy) is 1. The number of hydrogen-bond acceptors (Lipinski definition) is 4. The van der Waals surface area contributed by atoms with Crippen molar-refractivity contribution in [1.82, 2.24) is 0 Å². The van der Waals surface area contributed by atoms with Gasteiger partial charge in [-0.3, -0.25) is 9.35 Å². The van der Waals surface area contributed by atoms with Crippen molar-refractivity contribution in [1.29, 1.82) is 0 Å². The molecule has 0 bridgehead atoms. The Morgan fingerprint density at radius 2 is 2.14 bits per heavy atom. The molecular weight excluding hydrogens is 208 g/mol. The van der Waals surface area contributed by atoms with Crippen LogP contribution in [0.2, 0.25) is 0 Å². The number of esters is 1. The van der Waals surface area contributed by atoms with Gasteiger partial charge in [0, 0.05) is 6.42 Å². The van der Waals surface area contributed by atoms with Gasteiger partial charge >= 0.3 is 5.97 Å². The summed E-state index contributed by atoms with van der Waals surface area (Å²) < 4.78 is 34.1. The van der Waals surface area contributed by atoms with Crippen LogP contribution in [-0.2, 0) is 19.6 Å². The van der Waals surface area contributed by atoms with Gasteiger partial charge in [-0.25, -0.2) is 0 Å². The number of unbranched alkanes of at least 4 members (excludes halogenated alkanes) is 1. The first-order valence-corrected chi connectivity index (χ1v) is 6.23. The van der Waals surface area contributed by atoms with E-state index in [-0.39, 0.29) is 17.8 Å². The van der Waals surface area contributed by atoms with Gasteiger partial charge in [0.05, 0.1) is 5.75 Å². The molecule has 0 aliphatic carbocycles. The summed E-state index contributed by atoms with van der Waals surface area (Å²) >= 11 is 0. The fourth-order valence-electron chi connectivity index (χ4n) is 1.44. The molecule has 0 spiro atoms. The number of cyclic esters (lactones) is 1. The van der Waals surface area contributed by atoms with Crippen molar-refractivity contribution in [3.8, 4) is 0 Å². The Morgan fingerprint density at radius 1 is 1.43 bits per heavy atom. The molecule has 1 atom stereocenters. The molecule has 1 heterocycles. The zero-order valence-electron chi connectivity index (χ0n) is 7.81. The van der Waals surface area contributed by atoms with Crippen molar-refractivity contribution in [3.63, 3.8) is 0 Å². The van der Waals surface area contributed by atoms with E-state index in [1.165, 1.54) is 0 Å². The molecule has 82 valence electrons. The highest BCUT2D eigenvalue weighted by atomic mass is 32.2. The SMILES string of the molecule is O=C1CCC(CCCCS(=O)(=O)O)O1. The summed E-state index contributed by atoms with van der Waals surface area (Å²) in [6.07, 6.45) is 2.88. The fourth-order valence-corrected chi connectivity index (χ4v) is 2.01. The molecule has 0 aromatic rings. The van der Waals surface area contributed by atoms with Crippen LogP contribution in [0, 0.1) is 0 Å². The molecule has 1 N–H and O–H groups in total. The maximum Gasteiger partial charge on any atom is 0.306 e. The number of carbonyl (C=O) groups excluding carboxylic acids is 1. The zero-order valence-corrected chi connectivity index (χ0v) is 8.62. The van der Waals surface area contributed by atoms with E-state index < -0.39 is 10.1 Å². The van der Waals surface area contributed by atoms with E-state index in [9.17, 15) is 13.2 Å². The first-order valence-electron chi connectivity index (χ1n) is 4.62. The van der Waals surface area contributed by atoms with Gasteiger partial charge < -0.3 is 4.74 Å². The van der Waals surface area contributed by atoms with Crippen molar-refractivity contribution in [2.45, 2.75) is 38.2 Å². The van der Waals surface area contributed by atoms with Crippen LogP contribution in [0.5, 0.6) is 0 Å². The summed E-state index contributed by atoms with van der Waals surface area (Å²) in [5.74, 6) is -0.391. The Balaban J connectivity index is 2.07. The average molecular weight is 222 g/mol. The van der Waals surface area contributed by atoms with Gasteiger partial charge in [0.25, 0.3) is 10.1 Å². The van der Waals surface area contributed by atoms with Crippen LogP contribution in [0.25, 0.3) is 0 Å². The van der Waals surface area contributed by atoms with Gasteiger partial charge in [-0.05, 0) is 25.7 Å². The van der Waals surface area contributed by atoms with Gasteiger partial charge in [-0.1, -0.05) is 0 Å². The lowest BCUT2D eigenvalue weighted by atomic mass is 10.1. The van der Waals surface area contributed by atoms with Crippen LogP contribution >= 0.6 is 0 Å². The Bertz CT molecular complexity index is 295. The number of hydrogen-bond donors (Lipinski definition) is 1. The van der Waals surface area contributed by atoms with Crippen LogP contribution < -0.4 is 0 Å². The molecule has 1 unspecified atom stereocenters. The molecule has 0 amide bonds. The predicted molar refractivity (Wildman–Crippen MR) is 49.4 cm³/mol. The molecule has 0 aromatic heterocycles. The summed E-state index contributed by atoms with van der Waals surface area (Å²) in [6.45, 7) is 0. The minimum Gasteiger partial charge on any atom is -0.462 e. The molecule has 1 rings (SSSR count). The minimum absolute atomic E-state index is 0.0519. The predicted octanol–water partition coefficient (Wildman–Crippen LogP) is 0.750. The van der Waals surface area contributed by atoms with E-state index in [4.69, 9.17) is 9.29 Å². The first kappa shape index (κ1) is 11.5. The lowest BCUT2D eigenvalue weighted by Crippen LogP contribution is -2.08. The molecule has 1 aliphatic heterocycles. The van der Waals surface area contributed by atoms with Crippen LogP contribution in [0.15, 0.2) is 0 Å². The lowest BCUT2D eigenvalue weighted by Gasteiger charge is -2.07. The Hall–Kier alpha value is -0.620. The highest BCUT2D eigenvalue weighted by molar-refractivity contribution is 7.85. The Morgan fingerprint density at radius 3 is 2.64 bits per heavy atom. The van der Waals surface area contributed by atoms with Crippen LogP contribution in [0.3, 0.4) is 0 Å². The maximum absolute atomic E-state index is 10.7. The van der Waals surface area contributed by atoms with Crippen LogP contribution in [0.1, 0.15) is 32.1 Å². The third-order valence-electron chi connectivity index (χ3n) is 2.15. The fraction of sp³-hybridized carbons (Fsp3) is 0.875. The molecule has 1 saturated heterocycles. The van der Waals surface area contributed by atoms with Gasteiger partial charge in [0.1, 0.15) is 6.10 Å². The van der Waals surface area contributed by atoms with E-state index in [1.54, 1.807) is 0 Å². The van der Waals surface area contributed by atoms with Gasteiger partial charge in [0.15, 0.2) is 0 Å². The molecule has 1 aliphatic rings. The largest absolute Gasteiger partial charge is 0.462 e. The molecule has 14 heavy (non-hydrogen) atoms. The van der Waals surface area contributed by atoms with Crippen molar-refractivity contribution < 1.29 is 22.5 Å². The maximum atomic E-state index is 10.7. The Kier molecular flexibility index (Phi) is 3.88. The molecule has 1 fully saturated rings. The van der Waals surface area contributed by atoms with Crippen LogP contribution in [0.4, 0.5) is 0 Å². The van der Waals surface area contributed by atoms with Crippen molar-refractivity contribution in [3.05, 3.63) is 0 Å². The third-order valence-corrected chi connectivity index (χ3v) is 2.95. The first-order chi connectivity index (χ1) is 6.47. The summed E-state index contributed by atoms with van der Waals surface area (Å²) in [5.41, 5.74) is 0. The highest BCUT2D eigenvalue weighted by Crippen LogP contribution is 2.18. The molecule has 0 aromatic carbocycles. The zero-order chi connectivity index (χ0) is 10.6. The quantitative estimate of drug-likeness (QED) is 0.422. The number of carbonyl (C=O) groups is 1. The van der Waals surface area contributed by atoms with E-state index in [2.05, 4.69) is 0 Å².